The molecule has 7 nitrogen and oxygen atoms in total. The lowest BCUT2D eigenvalue weighted by Gasteiger charge is -2.46. The molecule has 0 unspecified atom stereocenters. The summed E-state index contributed by atoms with van der Waals surface area (Å²) in [4.78, 5) is 2.44. The van der Waals surface area contributed by atoms with Crippen molar-refractivity contribution in [3.63, 3.8) is 0 Å². The Balaban J connectivity index is 1.47. The van der Waals surface area contributed by atoms with Crippen LogP contribution in [0.4, 0.5) is 13.2 Å². The first kappa shape index (κ1) is 27.8. The quantitative estimate of drug-likeness (QED) is 0.403. The number of aryl methyl sites for hydroxylation is 2. The molecule has 1 aromatic heterocycles. The van der Waals surface area contributed by atoms with Gasteiger partial charge in [0, 0.05) is 48.5 Å². The Morgan fingerprint density at radius 3 is 2.49 bits per heavy atom. The van der Waals surface area contributed by atoms with E-state index in [1.54, 1.807) is 0 Å². The molecule has 2 aromatic rings. The van der Waals surface area contributed by atoms with Gasteiger partial charge in [0.05, 0.1) is 18.0 Å². The Kier molecular flexibility index (Phi) is 8.73. The van der Waals surface area contributed by atoms with E-state index in [-0.39, 0.29) is 11.7 Å². The maximum absolute atomic E-state index is 12.7. The fourth-order valence-corrected chi connectivity index (χ4v) is 5.58. The average molecular weight is 541 g/mol. The van der Waals surface area contributed by atoms with Crippen molar-refractivity contribution in [2.24, 2.45) is 18.6 Å². The molecule has 1 aromatic carbocycles. The van der Waals surface area contributed by atoms with Gasteiger partial charge in [-0.15, -0.1) is 0 Å². The van der Waals surface area contributed by atoms with Gasteiger partial charge in [-0.25, -0.2) is 5.84 Å². The number of hydrogen-bond acceptors (Lipinski definition) is 6. The molecule has 1 aliphatic heterocycles. The largest absolute Gasteiger partial charge is 0.407 e. The summed E-state index contributed by atoms with van der Waals surface area (Å²) >= 11 is 6.07. The van der Waals surface area contributed by atoms with Crippen LogP contribution in [-0.4, -0.2) is 63.7 Å². The molecule has 2 aliphatic rings. The zero-order valence-corrected chi connectivity index (χ0v) is 22.0. The highest BCUT2D eigenvalue weighted by molar-refractivity contribution is 6.30. The topological polar surface area (TPSA) is 85.6 Å². The number of benzene rings is 1. The van der Waals surface area contributed by atoms with Crippen molar-refractivity contribution in [2.45, 2.75) is 69.3 Å². The van der Waals surface area contributed by atoms with Gasteiger partial charge in [0.2, 0.25) is 0 Å². The number of ether oxygens (including phenoxy) is 1. The van der Waals surface area contributed by atoms with Crippen LogP contribution < -0.4 is 11.6 Å². The summed E-state index contributed by atoms with van der Waals surface area (Å²) in [5, 5.41) is 5.95. The molecular formula is C26H36ClF3N6O. The minimum absolute atomic E-state index is 0.119. The van der Waals surface area contributed by atoms with E-state index in [4.69, 9.17) is 27.9 Å². The minimum atomic E-state index is -4.42. The van der Waals surface area contributed by atoms with Crippen molar-refractivity contribution in [1.29, 1.82) is 0 Å². The molecule has 1 saturated carbocycles. The zero-order valence-electron chi connectivity index (χ0n) is 21.3. The number of aromatic nitrogens is 2. The fraction of sp³-hybridized carbons (Fsp3) is 0.577. The van der Waals surface area contributed by atoms with Gasteiger partial charge in [0.1, 0.15) is 12.6 Å². The van der Waals surface area contributed by atoms with Crippen LogP contribution in [0.3, 0.4) is 0 Å². The van der Waals surface area contributed by atoms with Crippen LogP contribution in [-0.2, 0) is 18.2 Å². The van der Waals surface area contributed by atoms with Crippen molar-refractivity contribution >= 4 is 11.6 Å². The second-order valence-corrected chi connectivity index (χ2v) is 10.7. The van der Waals surface area contributed by atoms with Crippen molar-refractivity contribution < 1.29 is 17.9 Å². The smallest absolute Gasteiger partial charge is 0.399 e. The average Bonchev–Trinajstić information content (AvgIpc) is 3.17. The highest BCUT2D eigenvalue weighted by atomic mass is 35.5. The van der Waals surface area contributed by atoms with E-state index in [0.717, 1.165) is 55.3 Å². The number of hydrogen-bond donors (Lipinski definition) is 2. The molecule has 0 amide bonds. The summed E-state index contributed by atoms with van der Waals surface area (Å²) in [5.41, 5.74) is 9.83. The maximum Gasteiger partial charge on any atom is 0.407 e. The van der Waals surface area contributed by atoms with Crippen LogP contribution in [0.2, 0.25) is 5.02 Å². The van der Waals surface area contributed by atoms with Crippen LogP contribution in [0.25, 0.3) is 0 Å². The molecular weight excluding hydrogens is 505 g/mol. The minimum Gasteiger partial charge on any atom is -0.399 e. The number of hydrazine groups is 1. The molecule has 4 N–H and O–H groups in total. The standard InChI is InChI=1S/C26H36ClF3N6O/c1-17-11-24(33-34(17)2)19-5-9-21(10-6-19)36-14-25(23(31)13-35(32)16-26(28,29)30)37-15-22(36)12-18-3-7-20(27)8-4-18/h3-4,7-8,11,13,19,21-22,25H,5-6,9-10,12,14-16,31-32H2,1-2H3/b23-13-/t19?,21?,22-,25+/m0/s1. The van der Waals surface area contributed by atoms with Crippen LogP contribution in [0, 0.1) is 6.92 Å². The van der Waals surface area contributed by atoms with E-state index in [1.165, 1.54) is 0 Å². The number of rotatable bonds is 7. The van der Waals surface area contributed by atoms with Crippen molar-refractivity contribution in [1.82, 2.24) is 19.7 Å². The predicted octanol–water partition coefficient (Wildman–Crippen LogP) is 4.26. The molecule has 204 valence electrons. The molecule has 1 aliphatic carbocycles. The van der Waals surface area contributed by atoms with Gasteiger partial charge in [-0.05, 0) is 62.8 Å². The Bertz CT molecular complexity index is 1050. The summed E-state index contributed by atoms with van der Waals surface area (Å²) in [6, 6.07) is 10.4. The third-order valence-electron chi connectivity index (χ3n) is 7.49. The fourth-order valence-electron chi connectivity index (χ4n) is 5.45. The SMILES string of the molecule is Cc1cc(C2CCC(N3C[C@H](/C(N)=C/N(N)CC(F)(F)F)OC[C@@H]3Cc3ccc(Cl)cc3)CC2)nn1C. The van der Waals surface area contributed by atoms with Crippen molar-refractivity contribution in [2.75, 3.05) is 19.7 Å². The van der Waals surface area contributed by atoms with Gasteiger partial charge < -0.3 is 15.5 Å². The Morgan fingerprint density at radius 2 is 1.89 bits per heavy atom. The molecule has 2 heterocycles. The lowest BCUT2D eigenvalue weighted by Crippen LogP contribution is -2.56. The van der Waals surface area contributed by atoms with E-state index in [2.05, 4.69) is 23.0 Å². The summed E-state index contributed by atoms with van der Waals surface area (Å²) in [7, 11) is 1.97. The molecule has 37 heavy (non-hydrogen) atoms. The van der Waals surface area contributed by atoms with Crippen LogP contribution in [0.15, 0.2) is 42.2 Å². The Morgan fingerprint density at radius 1 is 1.22 bits per heavy atom. The molecule has 4 rings (SSSR count). The molecule has 0 spiro atoms. The van der Waals surface area contributed by atoms with Gasteiger partial charge in [0.25, 0.3) is 0 Å². The van der Waals surface area contributed by atoms with E-state index in [9.17, 15) is 13.2 Å². The van der Waals surface area contributed by atoms with Gasteiger partial charge >= 0.3 is 6.18 Å². The molecule has 0 bridgehead atoms. The Labute approximate surface area is 221 Å². The normalized spacial score (nSPS) is 25.9. The second kappa shape index (κ2) is 11.6. The number of morpholine rings is 1. The first-order valence-corrected chi connectivity index (χ1v) is 13.0. The van der Waals surface area contributed by atoms with E-state index in [0.29, 0.717) is 35.1 Å². The molecule has 11 heteroatoms. The van der Waals surface area contributed by atoms with Crippen LogP contribution >= 0.6 is 11.6 Å². The third-order valence-corrected chi connectivity index (χ3v) is 7.74. The van der Waals surface area contributed by atoms with E-state index < -0.39 is 18.8 Å². The summed E-state index contributed by atoms with van der Waals surface area (Å²) in [6.45, 7) is 1.70. The zero-order chi connectivity index (χ0) is 26.7. The molecule has 2 atom stereocenters. The summed E-state index contributed by atoms with van der Waals surface area (Å²) < 4.78 is 46.1. The van der Waals surface area contributed by atoms with Gasteiger partial charge in [-0.2, -0.15) is 18.3 Å². The van der Waals surface area contributed by atoms with Crippen LogP contribution in [0.1, 0.15) is 48.6 Å². The lowest BCUT2D eigenvalue weighted by atomic mass is 9.82. The van der Waals surface area contributed by atoms with E-state index in [1.807, 2.05) is 36.0 Å². The highest BCUT2D eigenvalue weighted by Crippen LogP contribution is 2.36. The second-order valence-electron chi connectivity index (χ2n) is 10.3. The molecule has 2 fully saturated rings. The van der Waals surface area contributed by atoms with Crippen LogP contribution in [0.5, 0.6) is 0 Å². The first-order valence-electron chi connectivity index (χ1n) is 12.7. The number of alkyl halides is 3. The maximum atomic E-state index is 12.7. The molecule has 1 saturated heterocycles. The monoisotopic (exact) mass is 540 g/mol. The highest BCUT2D eigenvalue weighted by Gasteiger charge is 2.37. The molecule has 0 radical (unpaired) electrons. The Hall–Kier alpha value is -2.27. The summed E-state index contributed by atoms with van der Waals surface area (Å²) in [6.07, 6.45) is 1.04. The predicted molar refractivity (Wildman–Crippen MR) is 138 cm³/mol. The lowest BCUT2D eigenvalue weighted by molar-refractivity contribution is -0.141. The first-order chi connectivity index (χ1) is 17.5. The third kappa shape index (κ3) is 7.40. The summed E-state index contributed by atoms with van der Waals surface area (Å²) in [5.74, 6) is 5.97. The van der Waals surface area contributed by atoms with E-state index >= 15 is 0 Å². The number of halogens is 4. The number of nitrogens with two attached hydrogens (primary N) is 2. The van der Waals surface area contributed by atoms with Crippen molar-refractivity contribution in [3.8, 4) is 0 Å². The van der Waals surface area contributed by atoms with Gasteiger partial charge in [-0.1, -0.05) is 23.7 Å². The van der Waals surface area contributed by atoms with Gasteiger partial charge in [0.15, 0.2) is 0 Å². The van der Waals surface area contributed by atoms with Crippen molar-refractivity contribution in [3.05, 3.63) is 64.2 Å². The van der Waals surface area contributed by atoms with Gasteiger partial charge in [-0.3, -0.25) is 9.58 Å². The number of nitrogens with zero attached hydrogens (tertiary/aromatic N) is 4.